The van der Waals surface area contributed by atoms with Crippen LogP contribution >= 0.6 is 0 Å². The molecule has 1 heterocycles. The highest BCUT2D eigenvalue weighted by Gasteiger charge is 2.33. The third-order valence-electron chi connectivity index (χ3n) is 4.72. The van der Waals surface area contributed by atoms with Gasteiger partial charge in [0.1, 0.15) is 24.5 Å². The Bertz CT molecular complexity index is 1280. The molecule has 0 radical (unpaired) electrons. The lowest BCUT2D eigenvalue weighted by Crippen LogP contribution is -2.15. The zero-order chi connectivity index (χ0) is 22.2. The van der Waals surface area contributed by atoms with Crippen molar-refractivity contribution in [1.29, 1.82) is 0 Å². The SMILES string of the molecule is NC(=O)c1ccc(-n2cnc3ccc(F)cc32)cc1OCc1ccccc1C(F)(F)F. The van der Waals surface area contributed by atoms with Crippen LogP contribution in [0.5, 0.6) is 5.75 Å². The summed E-state index contributed by atoms with van der Waals surface area (Å²) in [4.78, 5) is 16.0. The Labute approximate surface area is 173 Å². The third kappa shape index (κ3) is 4.07. The Morgan fingerprint density at radius 1 is 1.06 bits per heavy atom. The number of alkyl halides is 3. The number of carbonyl (C=O) groups is 1. The van der Waals surface area contributed by atoms with Gasteiger partial charge in [0, 0.05) is 17.7 Å². The summed E-state index contributed by atoms with van der Waals surface area (Å²) >= 11 is 0. The molecule has 0 spiro atoms. The molecule has 0 aliphatic rings. The molecule has 1 aromatic heterocycles. The summed E-state index contributed by atoms with van der Waals surface area (Å²) in [7, 11) is 0. The Kier molecular flexibility index (Phi) is 5.10. The number of amides is 1. The van der Waals surface area contributed by atoms with E-state index in [0.717, 1.165) is 6.07 Å². The molecule has 31 heavy (non-hydrogen) atoms. The lowest BCUT2D eigenvalue weighted by molar-refractivity contribution is -0.138. The second-order valence-corrected chi connectivity index (χ2v) is 6.74. The van der Waals surface area contributed by atoms with Crippen LogP contribution in [0, 0.1) is 5.82 Å². The van der Waals surface area contributed by atoms with E-state index in [9.17, 15) is 22.4 Å². The predicted molar refractivity (Wildman–Crippen MR) is 105 cm³/mol. The summed E-state index contributed by atoms with van der Waals surface area (Å²) in [5, 5.41) is 0. The normalized spacial score (nSPS) is 11.6. The lowest BCUT2D eigenvalue weighted by atomic mass is 10.1. The van der Waals surface area contributed by atoms with E-state index in [0.29, 0.717) is 16.7 Å². The molecule has 0 atom stereocenters. The van der Waals surface area contributed by atoms with Crippen LogP contribution in [0.25, 0.3) is 16.7 Å². The molecule has 0 saturated heterocycles. The van der Waals surface area contributed by atoms with Crippen molar-refractivity contribution in [2.24, 2.45) is 5.73 Å². The first-order chi connectivity index (χ1) is 14.7. The minimum absolute atomic E-state index is 0.000214. The van der Waals surface area contributed by atoms with Gasteiger partial charge in [0.15, 0.2) is 0 Å². The van der Waals surface area contributed by atoms with Gasteiger partial charge < -0.3 is 10.5 Å². The van der Waals surface area contributed by atoms with Crippen molar-refractivity contribution in [2.75, 3.05) is 0 Å². The van der Waals surface area contributed by atoms with E-state index in [-0.39, 0.29) is 16.9 Å². The number of aromatic nitrogens is 2. The summed E-state index contributed by atoms with van der Waals surface area (Å²) in [5.74, 6) is -1.25. The van der Waals surface area contributed by atoms with Crippen LogP contribution in [-0.2, 0) is 12.8 Å². The predicted octanol–water partition coefficient (Wildman–Crippen LogP) is 4.86. The van der Waals surface area contributed by atoms with Crippen molar-refractivity contribution in [3.05, 3.63) is 89.5 Å². The molecule has 0 aliphatic heterocycles. The van der Waals surface area contributed by atoms with Gasteiger partial charge in [-0.1, -0.05) is 18.2 Å². The smallest absolute Gasteiger partial charge is 0.416 e. The zero-order valence-corrected chi connectivity index (χ0v) is 15.9. The van der Waals surface area contributed by atoms with Crippen LogP contribution in [0.3, 0.4) is 0 Å². The number of primary amides is 1. The Morgan fingerprint density at radius 3 is 2.58 bits per heavy atom. The van der Waals surface area contributed by atoms with Gasteiger partial charge in [0.25, 0.3) is 5.91 Å². The number of nitrogens with two attached hydrogens (primary N) is 1. The molecule has 0 fully saturated rings. The van der Waals surface area contributed by atoms with Gasteiger partial charge in [0.2, 0.25) is 0 Å². The number of halogens is 4. The largest absolute Gasteiger partial charge is 0.488 e. The Hall–Kier alpha value is -3.88. The third-order valence-corrected chi connectivity index (χ3v) is 4.72. The summed E-state index contributed by atoms with van der Waals surface area (Å²) in [6.07, 6.45) is -3.08. The summed E-state index contributed by atoms with van der Waals surface area (Å²) in [6, 6.07) is 13.5. The molecular formula is C22H15F4N3O2. The molecule has 0 unspecified atom stereocenters. The lowest BCUT2D eigenvalue weighted by Gasteiger charge is -2.15. The van der Waals surface area contributed by atoms with Gasteiger partial charge in [-0.3, -0.25) is 9.36 Å². The van der Waals surface area contributed by atoms with Crippen molar-refractivity contribution < 1.29 is 27.1 Å². The summed E-state index contributed by atoms with van der Waals surface area (Å²) < 4.78 is 60.6. The second-order valence-electron chi connectivity index (χ2n) is 6.74. The van der Waals surface area contributed by atoms with Gasteiger partial charge in [-0.2, -0.15) is 13.2 Å². The highest BCUT2D eigenvalue weighted by atomic mass is 19.4. The number of hydrogen-bond acceptors (Lipinski definition) is 3. The number of ether oxygens (including phenoxy) is 1. The van der Waals surface area contributed by atoms with Crippen LogP contribution in [0.4, 0.5) is 17.6 Å². The topological polar surface area (TPSA) is 70.1 Å². The number of rotatable bonds is 5. The van der Waals surface area contributed by atoms with E-state index >= 15 is 0 Å². The molecule has 3 aromatic carbocycles. The zero-order valence-electron chi connectivity index (χ0n) is 15.9. The number of imidazole rings is 1. The van der Waals surface area contributed by atoms with E-state index < -0.39 is 30.1 Å². The molecule has 9 heteroatoms. The van der Waals surface area contributed by atoms with Crippen molar-refractivity contribution >= 4 is 16.9 Å². The summed E-state index contributed by atoms with van der Waals surface area (Å²) in [5.41, 5.74) is 5.96. The first kappa shape index (κ1) is 20.4. The monoisotopic (exact) mass is 429 g/mol. The molecule has 2 N–H and O–H groups in total. The Balaban J connectivity index is 1.72. The Morgan fingerprint density at radius 2 is 1.84 bits per heavy atom. The van der Waals surface area contributed by atoms with E-state index in [1.165, 1.54) is 54.9 Å². The highest BCUT2D eigenvalue weighted by molar-refractivity contribution is 5.96. The van der Waals surface area contributed by atoms with Gasteiger partial charge in [-0.05, 0) is 30.3 Å². The number of carbonyl (C=O) groups excluding carboxylic acids is 1. The standard InChI is InChI=1S/C22H15F4N3O2/c23-14-5-8-18-19(9-14)29(12-28-18)15-6-7-16(21(27)30)20(10-15)31-11-13-3-1-2-4-17(13)22(24,25)26/h1-10,12H,11H2,(H2,27,30). The van der Waals surface area contributed by atoms with E-state index in [1.807, 2.05) is 0 Å². The molecule has 0 bridgehead atoms. The maximum Gasteiger partial charge on any atom is 0.416 e. The van der Waals surface area contributed by atoms with Crippen LogP contribution < -0.4 is 10.5 Å². The van der Waals surface area contributed by atoms with Gasteiger partial charge >= 0.3 is 6.18 Å². The number of benzene rings is 3. The van der Waals surface area contributed by atoms with Crippen LogP contribution in [0.15, 0.2) is 67.0 Å². The molecule has 4 aromatic rings. The molecule has 158 valence electrons. The quantitative estimate of drug-likeness (QED) is 0.461. The number of nitrogens with zero attached hydrogens (tertiary/aromatic N) is 2. The molecule has 0 aliphatic carbocycles. The fraction of sp³-hybridized carbons (Fsp3) is 0.0909. The summed E-state index contributed by atoms with van der Waals surface area (Å²) in [6.45, 7) is -0.432. The van der Waals surface area contributed by atoms with Crippen molar-refractivity contribution in [3.63, 3.8) is 0 Å². The average Bonchev–Trinajstić information content (AvgIpc) is 3.14. The fourth-order valence-electron chi connectivity index (χ4n) is 3.25. The maximum atomic E-state index is 13.7. The molecule has 1 amide bonds. The minimum atomic E-state index is -4.55. The van der Waals surface area contributed by atoms with Gasteiger partial charge in [-0.15, -0.1) is 0 Å². The van der Waals surface area contributed by atoms with Crippen LogP contribution in [0.2, 0.25) is 0 Å². The number of fused-ring (bicyclic) bond motifs is 1. The van der Waals surface area contributed by atoms with Crippen molar-refractivity contribution in [2.45, 2.75) is 12.8 Å². The minimum Gasteiger partial charge on any atom is -0.488 e. The molecule has 5 nitrogen and oxygen atoms in total. The molecule has 0 saturated carbocycles. The van der Waals surface area contributed by atoms with E-state index in [4.69, 9.17) is 10.5 Å². The van der Waals surface area contributed by atoms with Crippen LogP contribution in [-0.4, -0.2) is 15.5 Å². The number of hydrogen-bond donors (Lipinski definition) is 1. The molecule has 4 rings (SSSR count). The highest BCUT2D eigenvalue weighted by Crippen LogP contribution is 2.33. The van der Waals surface area contributed by atoms with Gasteiger partial charge in [-0.25, -0.2) is 9.37 Å². The van der Waals surface area contributed by atoms with Crippen LogP contribution in [0.1, 0.15) is 21.5 Å². The fourth-order valence-corrected chi connectivity index (χ4v) is 3.25. The first-order valence-electron chi connectivity index (χ1n) is 9.09. The van der Waals surface area contributed by atoms with E-state index in [1.54, 1.807) is 10.6 Å². The molecular weight excluding hydrogens is 414 g/mol. The van der Waals surface area contributed by atoms with Crippen molar-refractivity contribution in [3.8, 4) is 11.4 Å². The van der Waals surface area contributed by atoms with Crippen molar-refractivity contribution in [1.82, 2.24) is 9.55 Å². The maximum absolute atomic E-state index is 13.7. The second kappa shape index (κ2) is 7.75. The van der Waals surface area contributed by atoms with E-state index in [2.05, 4.69) is 4.98 Å². The first-order valence-corrected chi connectivity index (χ1v) is 9.09. The average molecular weight is 429 g/mol. The van der Waals surface area contributed by atoms with Gasteiger partial charge in [0.05, 0.1) is 27.8 Å².